The zero-order valence-corrected chi connectivity index (χ0v) is 31.8. The number of urea groups is 1. The van der Waals surface area contributed by atoms with Gasteiger partial charge in [-0.3, -0.25) is 24.6 Å². The molecule has 0 bridgehead atoms. The second-order valence-corrected chi connectivity index (χ2v) is 16.1. The summed E-state index contributed by atoms with van der Waals surface area (Å²) in [6.45, 7) is 5.95. The van der Waals surface area contributed by atoms with Crippen LogP contribution >= 0.6 is 0 Å². The summed E-state index contributed by atoms with van der Waals surface area (Å²) < 4.78 is 12.3. The molecule has 57 heavy (non-hydrogen) atoms. The molecule has 7 heterocycles. The van der Waals surface area contributed by atoms with Gasteiger partial charge in [-0.05, 0) is 55.9 Å². The third kappa shape index (κ3) is 6.24. The number of hydrogen-bond acceptors (Lipinski definition) is 13. The Morgan fingerprint density at radius 2 is 1.84 bits per heavy atom. The number of carbonyl (C=O) groups excluding carboxylic acids is 4. The van der Waals surface area contributed by atoms with Gasteiger partial charge in [-0.2, -0.15) is 0 Å². The van der Waals surface area contributed by atoms with Gasteiger partial charge in [0.1, 0.15) is 23.9 Å². The van der Waals surface area contributed by atoms with Crippen molar-refractivity contribution < 1.29 is 28.4 Å². The van der Waals surface area contributed by atoms with E-state index < -0.39 is 11.8 Å². The van der Waals surface area contributed by atoms with Crippen molar-refractivity contribution in [1.82, 2.24) is 35.1 Å². The number of anilines is 4. The van der Waals surface area contributed by atoms with Crippen LogP contribution in [0.2, 0.25) is 0 Å². The Labute approximate surface area is 328 Å². The smallest absolute Gasteiger partial charge is 0.320 e. The van der Waals surface area contributed by atoms with Gasteiger partial charge in [0, 0.05) is 88.0 Å². The Hall–Kier alpha value is -5.97. The Bertz CT molecular complexity index is 2310. The first-order valence-electron chi connectivity index (χ1n) is 19.9. The molecule has 17 heteroatoms. The fraction of sp³-hybridized carbons (Fsp3) is 0.475. The maximum Gasteiger partial charge on any atom is 0.320 e. The molecule has 4 fully saturated rings. The lowest BCUT2D eigenvalue weighted by molar-refractivity contribution is -0.134. The highest BCUT2D eigenvalue weighted by molar-refractivity contribution is 6.02. The molecule has 296 valence electrons. The summed E-state index contributed by atoms with van der Waals surface area (Å²) in [7, 11) is 1.83. The second-order valence-electron chi connectivity index (χ2n) is 16.1. The number of piperidine rings is 2. The van der Waals surface area contributed by atoms with Crippen LogP contribution in [0.5, 0.6) is 5.75 Å². The minimum Gasteiger partial charge on any atom is -0.489 e. The van der Waals surface area contributed by atoms with Crippen molar-refractivity contribution in [3.63, 3.8) is 0 Å². The van der Waals surface area contributed by atoms with Crippen molar-refractivity contribution in [1.29, 1.82) is 0 Å². The number of amides is 5. The fourth-order valence-electron chi connectivity index (χ4n) is 9.72. The molecule has 17 nitrogen and oxygen atoms in total. The number of nitrogens with one attached hydrogen (secondary N) is 2. The molecule has 4 atom stereocenters. The predicted molar refractivity (Wildman–Crippen MR) is 209 cm³/mol. The number of ether oxygens (including phenoxy) is 1. The molecule has 5 amide bonds. The molecular weight excluding hydrogens is 731 g/mol. The minimum absolute atomic E-state index is 0.0475. The zero-order chi connectivity index (χ0) is 38.9. The van der Waals surface area contributed by atoms with Crippen LogP contribution < -0.4 is 30.9 Å². The standard InChI is InChI=1S/C40H45N11O6/c1-47-11-13-51(40(47)55)24-3-2-10-49(19-24)32-18-42-35(37(41)53)38(44-32)43-23-5-8-30-31(16-23)56-21-26-20-48(12-14-50(26)30)25-15-22-4-6-27-34(46-57-36(27)29(22)17-25)28-7-9-33(52)45-39(28)54/h4-6,8,16,18,24-26,28H,2-3,7,9-15,17,19-21H2,1H3,(H2,41,53)(H,43,44)(H,45,52,54)/t24-,25?,26-,28?/m1/s1. The van der Waals surface area contributed by atoms with E-state index >= 15 is 0 Å². The SMILES string of the molecule is CN1CCN([C@@H]2CCCN(c3cnc(C(N)=O)c(Nc4ccc5c(c4)OC[C@H]4CN(C6Cc7ccc8c(C9CCC(=O)NC9=O)noc8c7C6)CCN54)n3)C2)C1=O. The van der Waals surface area contributed by atoms with E-state index in [1.54, 1.807) is 11.1 Å². The summed E-state index contributed by atoms with van der Waals surface area (Å²) in [5, 5.41) is 10.9. The minimum atomic E-state index is -0.679. The molecule has 0 saturated carbocycles. The Kier molecular flexibility index (Phi) is 8.64. The number of fused-ring (bicyclic) bond motifs is 6. The van der Waals surface area contributed by atoms with Gasteiger partial charge in [-0.1, -0.05) is 11.2 Å². The number of imide groups is 1. The highest BCUT2D eigenvalue weighted by Gasteiger charge is 2.40. The molecule has 0 radical (unpaired) electrons. The molecule has 10 rings (SSSR count). The number of nitrogens with two attached hydrogens (primary N) is 1. The maximum absolute atomic E-state index is 12.7. The van der Waals surface area contributed by atoms with Crippen LogP contribution in [0.1, 0.15) is 58.9 Å². The average molecular weight is 776 g/mol. The summed E-state index contributed by atoms with van der Waals surface area (Å²) in [6, 6.07) is 10.7. The number of aromatic nitrogens is 3. The van der Waals surface area contributed by atoms with E-state index in [0.29, 0.717) is 55.8 Å². The van der Waals surface area contributed by atoms with Gasteiger partial charge in [0.05, 0.1) is 29.9 Å². The van der Waals surface area contributed by atoms with E-state index in [4.69, 9.17) is 20.0 Å². The summed E-state index contributed by atoms with van der Waals surface area (Å²) in [5.41, 5.74) is 11.3. The fourth-order valence-corrected chi connectivity index (χ4v) is 9.72. The van der Waals surface area contributed by atoms with Crippen molar-refractivity contribution in [2.24, 2.45) is 5.73 Å². The van der Waals surface area contributed by atoms with E-state index in [2.05, 4.69) is 41.5 Å². The summed E-state index contributed by atoms with van der Waals surface area (Å²) >= 11 is 0. The van der Waals surface area contributed by atoms with Gasteiger partial charge in [-0.15, -0.1) is 0 Å². The van der Waals surface area contributed by atoms with E-state index in [9.17, 15) is 19.2 Å². The van der Waals surface area contributed by atoms with Gasteiger partial charge in [-0.25, -0.2) is 14.8 Å². The van der Waals surface area contributed by atoms with Gasteiger partial charge in [0.25, 0.3) is 5.91 Å². The molecule has 4 aromatic rings. The largest absolute Gasteiger partial charge is 0.489 e. The number of likely N-dealkylation sites (N-methyl/N-ethyl adjacent to an activating group) is 1. The number of piperazine rings is 1. The molecule has 4 saturated heterocycles. The topological polar surface area (TPSA) is 196 Å². The molecule has 6 aliphatic rings. The zero-order valence-electron chi connectivity index (χ0n) is 31.8. The molecule has 2 aromatic carbocycles. The van der Waals surface area contributed by atoms with E-state index in [1.165, 1.54) is 5.56 Å². The Morgan fingerprint density at radius 1 is 0.965 bits per heavy atom. The molecule has 0 spiro atoms. The number of benzene rings is 2. The number of rotatable bonds is 7. The van der Waals surface area contributed by atoms with Crippen LogP contribution in [-0.2, 0) is 22.4 Å². The molecule has 1 aliphatic carbocycles. The molecule has 2 unspecified atom stereocenters. The van der Waals surface area contributed by atoms with Crippen LogP contribution in [0, 0.1) is 0 Å². The van der Waals surface area contributed by atoms with Gasteiger partial charge >= 0.3 is 6.03 Å². The van der Waals surface area contributed by atoms with E-state index in [-0.39, 0.29) is 41.4 Å². The molecule has 4 N–H and O–H groups in total. The van der Waals surface area contributed by atoms with Crippen molar-refractivity contribution in [3.05, 3.63) is 59.0 Å². The quantitative estimate of drug-likeness (QED) is 0.232. The van der Waals surface area contributed by atoms with Crippen molar-refractivity contribution in [2.75, 3.05) is 74.6 Å². The van der Waals surface area contributed by atoms with Crippen LogP contribution in [0.3, 0.4) is 0 Å². The van der Waals surface area contributed by atoms with Crippen molar-refractivity contribution >= 4 is 57.7 Å². The summed E-state index contributed by atoms with van der Waals surface area (Å²) in [6.07, 6.45) is 5.89. The lowest BCUT2D eigenvalue weighted by Crippen LogP contribution is -2.59. The lowest BCUT2D eigenvalue weighted by Gasteiger charge is -2.47. The first kappa shape index (κ1) is 35.4. The van der Waals surface area contributed by atoms with E-state index in [1.807, 2.05) is 36.2 Å². The maximum atomic E-state index is 12.7. The summed E-state index contributed by atoms with van der Waals surface area (Å²) in [5.74, 6) is -0.0858. The first-order valence-corrected chi connectivity index (χ1v) is 19.9. The Morgan fingerprint density at radius 3 is 2.67 bits per heavy atom. The van der Waals surface area contributed by atoms with Crippen molar-refractivity contribution in [2.45, 2.75) is 62.6 Å². The van der Waals surface area contributed by atoms with Gasteiger partial charge < -0.3 is 39.9 Å². The lowest BCUT2D eigenvalue weighted by atomic mass is 9.92. The second kappa shape index (κ2) is 13.9. The first-order chi connectivity index (χ1) is 27.7. The van der Waals surface area contributed by atoms with E-state index in [0.717, 1.165) is 86.4 Å². The van der Waals surface area contributed by atoms with Crippen LogP contribution in [0.25, 0.3) is 11.0 Å². The molecular formula is C40H45N11O6. The summed E-state index contributed by atoms with van der Waals surface area (Å²) in [4.78, 5) is 69.6. The number of nitrogens with zero attached hydrogens (tertiary/aromatic N) is 8. The average Bonchev–Trinajstić information content (AvgIpc) is 3.94. The third-order valence-corrected chi connectivity index (χ3v) is 12.7. The predicted octanol–water partition coefficient (Wildman–Crippen LogP) is 2.37. The third-order valence-electron chi connectivity index (χ3n) is 12.7. The highest BCUT2D eigenvalue weighted by Crippen LogP contribution is 2.41. The van der Waals surface area contributed by atoms with Crippen molar-refractivity contribution in [3.8, 4) is 5.75 Å². The van der Waals surface area contributed by atoms with Crippen LogP contribution in [0.15, 0.2) is 41.1 Å². The molecule has 5 aliphatic heterocycles. The number of carbonyl (C=O) groups is 4. The van der Waals surface area contributed by atoms with Gasteiger partial charge in [0.2, 0.25) is 11.8 Å². The monoisotopic (exact) mass is 775 g/mol. The molecule has 2 aromatic heterocycles. The number of hydrogen-bond donors (Lipinski definition) is 3. The highest BCUT2D eigenvalue weighted by atomic mass is 16.5. The normalized spacial score (nSPS) is 25.0. The van der Waals surface area contributed by atoms with Crippen LogP contribution in [-0.4, -0.2) is 131 Å². The number of primary amides is 1. The van der Waals surface area contributed by atoms with Crippen LogP contribution in [0.4, 0.5) is 27.8 Å². The Balaban J connectivity index is 0.811. The van der Waals surface area contributed by atoms with Gasteiger partial charge in [0.15, 0.2) is 17.1 Å².